The van der Waals surface area contributed by atoms with Crippen LogP contribution in [0.1, 0.15) is 18.4 Å². The number of likely N-dealkylation sites (tertiary alicyclic amines) is 1. The van der Waals surface area contributed by atoms with Crippen LogP contribution in [-0.4, -0.2) is 39.8 Å². The van der Waals surface area contributed by atoms with Gasteiger partial charge in [0.25, 0.3) is 0 Å². The zero-order chi connectivity index (χ0) is 13.9. The van der Waals surface area contributed by atoms with Crippen LogP contribution >= 0.6 is 0 Å². The van der Waals surface area contributed by atoms with Crippen molar-refractivity contribution in [1.82, 2.24) is 4.90 Å². The minimum Gasteiger partial charge on any atom is -0.493 e. The molecule has 0 aliphatic carbocycles. The highest BCUT2D eigenvalue weighted by atomic mass is 32.2. The average molecular weight is 285 g/mol. The van der Waals surface area contributed by atoms with Crippen LogP contribution in [0.3, 0.4) is 0 Å². The topological polar surface area (TPSA) is 55.8 Å². The van der Waals surface area contributed by atoms with E-state index in [0.717, 1.165) is 31.5 Å². The van der Waals surface area contributed by atoms with Gasteiger partial charge in [-0.05, 0) is 43.6 Å². The van der Waals surface area contributed by atoms with E-state index in [9.17, 15) is 8.42 Å². The van der Waals surface area contributed by atoms with Gasteiger partial charge in [0, 0.05) is 6.54 Å². The molecule has 0 bridgehead atoms. The summed E-state index contributed by atoms with van der Waals surface area (Å²) in [6.45, 7) is 3.09. The molecule has 0 unspecified atom stereocenters. The van der Waals surface area contributed by atoms with Gasteiger partial charge in [-0.3, -0.25) is 4.90 Å². The first kappa shape index (κ1) is 14.1. The van der Waals surface area contributed by atoms with E-state index in [4.69, 9.17) is 8.92 Å². The summed E-state index contributed by atoms with van der Waals surface area (Å²) >= 11 is 0. The molecule has 0 amide bonds. The van der Waals surface area contributed by atoms with E-state index in [1.165, 1.54) is 20.0 Å². The normalized spacial score (nSPS) is 16.5. The number of hydrogen-bond acceptors (Lipinski definition) is 5. The van der Waals surface area contributed by atoms with Gasteiger partial charge < -0.3 is 8.92 Å². The van der Waals surface area contributed by atoms with Crippen LogP contribution in [0.4, 0.5) is 0 Å². The lowest BCUT2D eigenvalue weighted by Crippen LogP contribution is -2.18. The lowest BCUT2D eigenvalue weighted by molar-refractivity contribution is 0.329. The summed E-state index contributed by atoms with van der Waals surface area (Å²) in [7, 11) is -2.03. The first-order valence-electron chi connectivity index (χ1n) is 6.27. The van der Waals surface area contributed by atoms with Gasteiger partial charge in [0.1, 0.15) is 0 Å². The molecule has 2 rings (SSSR count). The standard InChI is InChI=1S/C13H19NO4S/c1-17-13-9-11(10-14-7-3-4-8-14)5-6-12(13)18-19(2,15)16/h5-6,9H,3-4,7-8,10H2,1-2H3. The number of methoxy groups -OCH3 is 1. The van der Waals surface area contributed by atoms with Crippen LogP contribution in [0.2, 0.25) is 0 Å². The Hall–Kier alpha value is -1.27. The number of hydrogen-bond donors (Lipinski definition) is 0. The predicted octanol–water partition coefficient (Wildman–Crippen LogP) is 1.63. The maximum atomic E-state index is 11.1. The molecule has 0 aromatic heterocycles. The highest BCUT2D eigenvalue weighted by Gasteiger charge is 2.15. The van der Waals surface area contributed by atoms with Crippen molar-refractivity contribution in [3.05, 3.63) is 23.8 Å². The van der Waals surface area contributed by atoms with Crippen molar-refractivity contribution in [1.29, 1.82) is 0 Å². The molecule has 0 atom stereocenters. The Morgan fingerprint density at radius 2 is 1.89 bits per heavy atom. The Bertz CT molecular complexity index is 536. The monoisotopic (exact) mass is 285 g/mol. The Morgan fingerprint density at radius 1 is 1.21 bits per heavy atom. The van der Waals surface area contributed by atoms with Gasteiger partial charge in [-0.1, -0.05) is 6.07 Å². The maximum absolute atomic E-state index is 11.1. The summed E-state index contributed by atoms with van der Waals surface area (Å²) in [6, 6.07) is 5.35. The molecule has 1 fully saturated rings. The zero-order valence-corrected chi connectivity index (χ0v) is 12.1. The number of benzene rings is 1. The van der Waals surface area contributed by atoms with Crippen molar-refractivity contribution in [3.63, 3.8) is 0 Å². The molecule has 1 aromatic carbocycles. The van der Waals surface area contributed by atoms with Gasteiger partial charge in [0.05, 0.1) is 13.4 Å². The van der Waals surface area contributed by atoms with E-state index in [1.54, 1.807) is 6.07 Å². The fourth-order valence-electron chi connectivity index (χ4n) is 2.24. The maximum Gasteiger partial charge on any atom is 0.306 e. The SMILES string of the molecule is COc1cc(CN2CCCC2)ccc1OS(C)(=O)=O. The summed E-state index contributed by atoms with van der Waals surface area (Å²) < 4.78 is 32.4. The molecule has 0 spiro atoms. The molecular formula is C13H19NO4S. The highest BCUT2D eigenvalue weighted by molar-refractivity contribution is 7.86. The van der Waals surface area contributed by atoms with Crippen molar-refractivity contribution in [2.45, 2.75) is 19.4 Å². The van der Waals surface area contributed by atoms with Crippen LogP contribution in [0.15, 0.2) is 18.2 Å². The Kier molecular flexibility index (Phi) is 4.31. The molecule has 1 aromatic rings. The molecule has 1 heterocycles. The van der Waals surface area contributed by atoms with Crippen molar-refractivity contribution in [3.8, 4) is 11.5 Å². The van der Waals surface area contributed by atoms with Crippen LogP contribution in [0.5, 0.6) is 11.5 Å². The highest BCUT2D eigenvalue weighted by Crippen LogP contribution is 2.29. The molecule has 0 radical (unpaired) electrons. The molecule has 0 N–H and O–H groups in total. The molecule has 1 aliphatic rings. The lowest BCUT2D eigenvalue weighted by Gasteiger charge is -2.16. The minimum atomic E-state index is -3.54. The zero-order valence-electron chi connectivity index (χ0n) is 11.3. The summed E-state index contributed by atoms with van der Waals surface area (Å²) in [6.07, 6.45) is 3.50. The number of ether oxygens (including phenoxy) is 1. The molecular weight excluding hydrogens is 266 g/mol. The van der Waals surface area contributed by atoms with Gasteiger partial charge in [0.15, 0.2) is 11.5 Å². The second kappa shape index (κ2) is 5.79. The quantitative estimate of drug-likeness (QED) is 0.770. The van der Waals surface area contributed by atoms with Crippen LogP contribution < -0.4 is 8.92 Å². The lowest BCUT2D eigenvalue weighted by atomic mass is 10.2. The van der Waals surface area contributed by atoms with Crippen molar-refractivity contribution < 1.29 is 17.3 Å². The minimum absolute atomic E-state index is 0.232. The molecule has 1 saturated heterocycles. The van der Waals surface area contributed by atoms with Crippen LogP contribution in [0, 0.1) is 0 Å². The molecule has 106 valence electrons. The Labute approximate surface area is 114 Å². The van der Waals surface area contributed by atoms with Gasteiger partial charge in [0.2, 0.25) is 0 Å². The van der Waals surface area contributed by atoms with Crippen molar-refractivity contribution in [2.24, 2.45) is 0 Å². The summed E-state index contributed by atoms with van der Waals surface area (Å²) in [5, 5.41) is 0. The largest absolute Gasteiger partial charge is 0.493 e. The second-order valence-electron chi connectivity index (χ2n) is 4.76. The molecule has 5 nitrogen and oxygen atoms in total. The fraction of sp³-hybridized carbons (Fsp3) is 0.538. The molecule has 19 heavy (non-hydrogen) atoms. The van der Waals surface area contributed by atoms with Gasteiger partial charge in [-0.25, -0.2) is 0 Å². The third kappa shape index (κ3) is 4.11. The van der Waals surface area contributed by atoms with E-state index in [2.05, 4.69) is 4.90 Å². The molecule has 0 saturated carbocycles. The third-order valence-electron chi connectivity index (χ3n) is 3.07. The first-order valence-corrected chi connectivity index (χ1v) is 8.08. The second-order valence-corrected chi connectivity index (χ2v) is 6.33. The average Bonchev–Trinajstić information content (AvgIpc) is 2.82. The third-order valence-corrected chi connectivity index (χ3v) is 3.56. The smallest absolute Gasteiger partial charge is 0.306 e. The van der Waals surface area contributed by atoms with Gasteiger partial charge >= 0.3 is 10.1 Å². The van der Waals surface area contributed by atoms with Crippen LogP contribution in [0.25, 0.3) is 0 Å². The van der Waals surface area contributed by atoms with Gasteiger partial charge in [-0.15, -0.1) is 0 Å². The van der Waals surface area contributed by atoms with E-state index < -0.39 is 10.1 Å². The Balaban J connectivity index is 2.15. The van der Waals surface area contributed by atoms with Crippen LogP contribution in [-0.2, 0) is 16.7 Å². The summed E-state index contributed by atoms with van der Waals surface area (Å²) in [5.41, 5.74) is 1.10. The molecule has 6 heteroatoms. The van der Waals surface area contributed by atoms with Gasteiger partial charge in [-0.2, -0.15) is 8.42 Å². The summed E-state index contributed by atoms with van der Waals surface area (Å²) in [5.74, 6) is 0.678. The summed E-state index contributed by atoms with van der Waals surface area (Å²) in [4.78, 5) is 2.37. The molecule has 1 aliphatic heterocycles. The van der Waals surface area contributed by atoms with Crippen molar-refractivity contribution >= 4 is 10.1 Å². The van der Waals surface area contributed by atoms with E-state index in [1.807, 2.05) is 12.1 Å². The van der Waals surface area contributed by atoms with E-state index in [-0.39, 0.29) is 5.75 Å². The Morgan fingerprint density at radius 3 is 2.47 bits per heavy atom. The fourth-order valence-corrected chi connectivity index (χ4v) is 2.71. The first-order chi connectivity index (χ1) is 8.98. The number of nitrogens with zero attached hydrogens (tertiary/aromatic N) is 1. The predicted molar refractivity (Wildman–Crippen MR) is 73.0 cm³/mol. The van der Waals surface area contributed by atoms with E-state index >= 15 is 0 Å². The van der Waals surface area contributed by atoms with Crippen molar-refractivity contribution in [2.75, 3.05) is 26.5 Å². The van der Waals surface area contributed by atoms with E-state index in [0.29, 0.717) is 5.75 Å². The number of rotatable bonds is 5.